The van der Waals surface area contributed by atoms with E-state index in [-0.39, 0.29) is 0 Å². The fourth-order valence-electron chi connectivity index (χ4n) is 2.27. The summed E-state index contributed by atoms with van der Waals surface area (Å²) in [5.74, 6) is 0. The van der Waals surface area contributed by atoms with Gasteiger partial charge in [-0.25, -0.2) is 0 Å². The third kappa shape index (κ3) is 2.92. The summed E-state index contributed by atoms with van der Waals surface area (Å²) in [6.45, 7) is 5.86. The van der Waals surface area contributed by atoms with Gasteiger partial charge < -0.3 is 0 Å². The van der Waals surface area contributed by atoms with Crippen molar-refractivity contribution in [1.82, 2.24) is 4.98 Å². The van der Waals surface area contributed by atoms with Gasteiger partial charge in [0.25, 0.3) is 0 Å². The van der Waals surface area contributed by atoms with Crippen molar-refractivity contribution >= 4 is 6.08 Å². The zero-order chi connectivity index (χ0) is 14.7. The van der Waals surface area contributed by atoms with Gasteiger partial charge in [0, 0.05) is 17.3 Å². The second-order valence-electron chi connectivity index (χ2n) is 5.12. The molecule has 0 aliphatic carbocycles. The second kappa shape index (κ2) is 5.76. The van der Waals surface area contributed by atoms with Gasteiger partial charge in [-0.15, -0.1) is 0 Å². The third-order valence-corrected chi connectivity index (χ3v) is 3.59. The van der Waals surface area contributed by atoms with E-state index in [1.165, 1.54) is 11.1 Å². The molecule has 0 N–H and O–H groups in total. The van der Waals surface area contributed by atoms with Crippen molar-refractivity contribution in [2.45, 2.75) is 6.92 Å². The first-order valence-corrected chi connectivity index (χ1v) is 7.02. The van der Waals surface area contributed by atoms with Crippen molar-refractivity contribution in [2.75, 3.05) is 0 Å². The van der Waals surface area contributed by atoms with E-state index in [9.17, 15) is 0 Å². The SMILES string of the molecule is C=Cc1ccc(-c2ccc(-c3ccc(C)cc3)nc2)cc1. The number of pyridine rings is 1. The van der Waals surface area contributed by atoms with Crippen molar-refractivity contribution in [1.29, 1.82) is 0 Å². The van der Waals surface area contributed by atoms with Gasteiger partial charge in [0.1, 0.15) is 0 Å². The molecule has 0 aliphatic rings. The maximum atomic E-state index is 4.58. The van der Waals surface area contributed by atoms with Crippen LogP contribution in [-0.2, 0) is 0 Å². The number of rotatable bonds is 3. The summed E-state index contributed by atoms with van der Waals surface area (Å²) in [7, 11) is 0. The molecule has 0 bridgehead atoms. The minimum atomic E-state index is 1.00. The maximum Gasteiger partial charge on any atom is 0.0702 e. The monoisotopic (exact) mass is 271 g/mol. The number of aryl methyl sites for hydroxylation is 1. The van der Waals surface area contributed by atoms with Gasteiger partial charge in [0.2, 0.25) is 0 Å². The first kappa shape index (κ1) is 13.3. The van der Waals surface area contributed by atoms with E-state index in [0.29, 0.717) is 0 Å². The number of aromatic nitrogens is 1. The highest BCUT2D eigenvalue weighted by Crippen LogP contribution is 2.23. The van der Waals surface area contributed by atoms with Crippen LogP contribution in [0.5, 0.6) is 0 Å². The second-order valence-corrected chi connectivity index (χ2v) is 5.12. The van der Waals surface area contributed by atoms with E-state index in [1.54, 1.807) is 0 Å². The van der Waals surface area contributed by atoms with Gasteiger partial charge in [-0.3, -0.25) is 4.98 Å². The summed E-state index contributed by atoms with van der Waals surface area (Å²) in [6, 6.07) is 20.9. The van der Waals surface area contributed by atoms with Crippen LogP contribution in [0.15, 0.2) is 73.4 Å². The molecule has 1 nitrogen and oxygen atoms in total. The Morgan fingerprint density at radius 3 is 1.95 bits per heavy atom. The van der Waals surface area contributed by atoms with Gasteiger partial charge in [-0.1, -0.05) is 72.8 Å². The summed E-state index contributed by atoms with van der Waals surface area (Å²) in [6.07, 6.45) is 3.78. The third-order valence-electron chi connectivity index (χ3n) is 3.59. The van der Waals surface area contributed by atoms with Crippen LogP contribution >= 0.6 is 0 Å². The molecule has 102 valence electrons. The molecular formula is C20H17N. The molecule has 1 heterocycles. The van der Waals surface area contributed by atoms with Crippen molar-refractivity contribution in [3.63, 3.8) is 0 Å². The van der Waals surface area contributed by atoms with Crippen molar-refractivity contribution in [3.05, 3.63) is 84.6 Å². The Morgan fingerprint density at radius 1 is 0.762 bits per heavy atom. The van der Waals surface area contributed by atoms with E-state index in [0.717, 1.165) is 22.4 Å². The molecule has 1 heteroatoms. The molecule has 0 unspecified atom stereocenters. The highest BCUT2D eigenvalue weighted by molar-refractivity contribution is 5.68. The van der Waals surface area contributed by atoms with Crippen LogP contribution in [0.1, 0.15) is 11.1 Å². The average molecular weight is 271 g/mol. The maximum absolute atomic E-state index is 4.58. The standard InChI is InChI=1S/C20H17N/c1-3-16-6-10-17(11-7-16)19-12-13-20(21-14-19)18-8-4-15(2)5-9-18/h3-14H,1H2,2H3. The van der Waals surface area contributed by atoms with Crippen molar-refractivity contribution < 1.29 is 0 Å². The summed E-state index contributed by atoms with van der Waals surface area (Å²) in [4.78, 5) is 4.58. The Kier molecular flexibility index (Phi) is 3.65. The minimum Gasteiger partial charge on any atom is -0.256 e. The number of hydrogen-bond acceptors (Lipinski definition) is 1. The molecule has 0 fully saturated rings. The molecule has 0 saturated heterocycles. The molecule has 2 aromatic carbocycles. The van der Waals surface area contributed by atoms with E-state index in [2.05, 4.69) is 79.2 Å². The lowest BCUT2D eigenvalue weighted by atomic mass is 10.0. The smallest absolute Gasteiger partial charge is 0.0702 e. The predicted octanol–water partition coefficient (Wildman–Crippen LogP) is 5.37. The Labute approximate surface area is 125 Å². The molecule has 21 heavy (non-hydrogen) atoms. The number of nitrogens with zero attached hydrogens (tertiary/aromatic N) is 1. The summed E-state index contributed by atoms with van der Waals surface area (Å²) < 4.78 is 0. The largest absolute Gasteiger partial charge is 0.256 e. The van der Waals surface area contributed by atoms with Gasteiger partial charge >= 0.3 is 0 Å². The van der Waals surface area contributed by atoms with Crippen LogP contribution in [0, 0.1) is 6.92 Å². The molecule has 0 radical (unpaired) electrons. The molecule has 0 amide bonds. The van der Waals surface area contributed by atoms with Crippen LogP contribution in [0.3, 0.4) is 0 Å². The molecule has 0 saturated carbocycles. The minimum absolute atomic E-state index is 1.00. The topological polar surface area (TPSA) is 12.9 Å². The lowest BCUT2D eigenvalue weighted by Gasteiger charge is -2.05. The van der Waals surface area contributed by atoms with Crippen LogP contribution in [0.25, 0.3) is 28.5 Å². The fraction of sp³-hybridized carbons (Fsp3) is 0.0500. The normalized spacial score (nSPS) is 10.3. The molecule has 0 atom stereocenters. The lowest BCUT2D eigenvalue weighted by Crippen LogP contribution is -1.85. The first-order chi connectivity index (χ1) is 10.3. The quantitative estimate of drug-likeness (QED) is 0.624. The highest BCUT2D eigenvalue weighted by atomic mass is 14.7. The molecule has 3 rings (SSSR count). The van der Waals surface area contributed by atoms with E-state index in [4.69, 9.17) is 0 Å². The summed E-state index contributed by atoms with van der Waals surface area (Å²) >= 11 is 0. The molecule has 0 spiro atoms. The van der Waals surface area contributed by atoms with Gasteiger partial charge in [-0.2, -0.15) is 0 Å². The zero-order valence-electron chi connectivity index (χ0n) is 12.1. The Balaban J connectivity index is 1.89. The van der Waals surface area contributed by atoms with Gasteiger partial charge in [0.15, 0.2) is 0 Å². The first-order valence-electron chi connectivity index (χ1n) is 7.02. The Morgan fingerprint density at radius 2 is 1.38 bits per heavy atom. The van der Waals surface area contributed by atoms with Crippen LogP contribution in [0.4, 0.5) is 0 Å². The molecule has 1 aromatic heterocycles. The van der Waals surface area contributed by atoms with Gasteiger partial charge in [0.05, 0.1) is 5.69 Å². The lowest BCUT2D eigenvalue weighted by molar-refractivity contribution is 1.32. The van der Waals surface area contributed by atoms with Crippen molar-refractivity contribution in [2.24, 2.45) is 0 Å². The fourth-order valence-corrected chi connectivity index (χ4v) is 2.27. The summed E-state index contributed by atoms with van der Waals surface area (Å²) in [5.41, 5.74) is 6.83. The molecule has 0 aliphatic heterocycles. The Hall–Kier alpha value is -2.67. The van der Waals surface area contributed by atoms with Gasteiger partial charge in [-0.05, 0) is 24.1 Å². The Bertz CT molecular complexity index is 735. The highest BCUT2D eigenvalue weighted by Gasteiger charge is 2.01. The van der Waals surface area contributed by atoms with Crippen molar-refractivity contribution in [3.8, 4) is 22.4 Å². The van der Waals surface area contributed by atoms with Crippen LogP contribution in [-0.4, -0.2) is 4.98 Å². The molecule has 3 aromatic rings. The van der Waals surface area contributed by atoms with E-state index < -0.39 is 0 Å². The number of hydrogen-bond donors (Lipinski definition) is 0. The summed E-state index contributed by atoms with van der Waals surface area (Å²) in [5, 5.41) is 0. The van der Waals surface area contributed by atoms with E-state index in [1.807, 2.05) is 12.3 Å². The zero-order valence-corrected chi connectivity index (χ0v) is 12.1. The predicted molar refractivity (Wildman–Crippen MR) is 89.9 cm³/mol. The van der Waals surface area contributed by atoms with E-state index >= 15 is 0 Å². The van der Waals surface area contributed by atoms with Crippen LogP contribution < -0.4 is 0 Å². The molecular weight excluding hydrogens is 254 g/mol. The van der Waals surface area contributed by atoms with Crippen LogP contribution in [0.2, 0.25) is 0 Å². The number of benzene rings is 2. The average Bonchev–Trinajstić information content (AvgIpc) is 2.56.